The van der Waals surface area contributed by atoms with Gasteiger partial charge in [-0.2, -0.15) is 0 Å². The molecular formula is C13H16FN3O2. The van der Waals surface area contributed by atoms with Crippen molar-refractivity contribution in [1.82, 2.24) is 4.90 Å². The average Bonchev–Trinajstić information content (AvgIpc) is 2.55. The summed E-state index contributed by atoms with van der Waals surface area (Å²) in [6.45, 7) is 0.312. The van der Waals surface area contributed by atoms with Crippen molar-refractivity contribution in [3.8, 4) is 0 Å². The van der Waals surface area contributed by atoms with Gasteiger partial charge in [0.05, 0.1) is 11.7 Å². The first-order chi connectivity index (χ1) is 9.09. The molecule has 6 heteroatoms. The lowest BCUT2D eigenvalue weighted by atomic mass is 10.1. The molecular weight excluding hydrogens is 249 g/mol. The maximum Gasteiger partial charge on any atom is 0.328 e. The van der Waals surface area contributed by atoms with Crippen LogP contribution in [0.4, 0.5) is 14.9 Å². The van der Waals surface area contributed by atoms with Crippen LogP contribution < -0.4 is 11.1 Å². The number of benzene rings is 1. The third kappa shape index (κ3) is 3.08. The second-order valence-corrected chi connectivity index (χ2v) is 4.50. The van der Waals surface area contributed by atoms with Gasteiger partial charge in [-0.3, -0.25) is 9.69 Å². The molecule has 1 aliphatic rings. The monoisotopic (exact) mass is 265 g/mol. The van der Waals surface area contributed by atoms with Gasteiger partial charge >= 0.3 is 6.03 Å². The summed E-state index contributed by atoms with van der Waals surface area (Å²) < 4.78 is 13.4. The summed E-state index contributed by atoms with van der Waals surface area (Å²) in [5.41, 5.74) is 5.74. The number of nitrogens with two attached hydrogens (primary N) is 1. The second kappa shape index (κ2) is 5.79. The average molecular weight is 265 g/mol. The molecule has 0 saturated carbocycles. The third-order valence-corrected chi connectivity index (χ3v) is 3.09. The Hall–Kier alpha value is -1.95. The van der Waals surface area contributed by atoms with Crippen LogP contribution >= 0.6 is 0 Å². The van der Waals surface area contributed by atoms with Crippen LogP contribution in [0.5, 0.6) is 0 Å². The highest BCUT2D eigenvalue weighted by Gasteiger charge is 2.28. The van der Waals surface area contributed by atoms with Gasteiger partial charge in [0.25, 0.3) is 0 Å². The standard InChI is InChI=1S/C13H16FN3O2/c14-9-5-1-2-7-11(9)16-13(19)17-8-4-3-6-10(15)12(17)18/h1-2,5,7,10H,3-4,6,8,15H2,(H,16,19)/t10-/m1/s1. The number of rotatable bonds is 1. The number of nitrogens with one attached hydrogen (secondary N) is 1. The number of halogens is 1. The number of imide groups is 1. The molecule has 19 heavy (non-hydrogen) atoms. The van der Waals surface area contributed by atoms with E-state index >= 15 is 0 Å². The lowest BCUT2D eigenvalue weighted by molar-refractivity contribution is -0.128. The van der Waals surface area contributed by atoms with Crippen LogP contribution in [0.2, 0.25) is 0 Å². The van der Waals surface area contributed by atoms with Gasteiger partial charge in [0.1, 0.15) is 5.82 Å². The van der Waals surface area contributed by atoms with E-state index in [-0.39, 0.29) is 5.69 Å². The van der Waals surface area contributed by atoms with Gasteiger partial charge in [-0.05, 0) is 31.4 Å². The normalized spacial score (nSPS) is 20.0. The smallest absolute Gasteiger partial charge is 0.320 e. The van der Waals surface area contributed by atoms with E-state index in [4.69, 9.17) is 5.73 Å². The second-order valence-electron chi connectivity index (χ2n) is 4.50. The topological polar surface area (TPSA) is 75.4 Å². The fourth-order valence-corrected chi connectivity index (χ4v) is 2.01. The van der Waals surface area contributed by atoms with Crippen molar-refractivity contribution in [2.45, 2.75) is 25.3 Å². The highest BCUT2D eigenvalue weighted by Crippen LogP contribution is 2.16. The lowest BCUT2D eigenvalue weighted by Crippen LogP contribution is -2.47. The van der Waals surface area contributed by atoms with Crippen LogP contribution in [0.15, 0.2) is 24.3 Å². The number of carbonyl (C=O) groups excluding carboxylic acids is 2. The van der Waals surface area contributed by atoms with E-state index in [0.717, 1.165) is 11.3 Å². The zero-order valence-corrected chi connectivity index (χ0v) is 10.4. The molecule has 0 radical (unpaired) electrons. The summed E-state index contributed by atoms with van der Waals surface area (Å²) in [6.07, 6.45) is 2.09. The Morgan fingerprint density at radius 1 is 1.37 bits per heavy atom. The first-order valence-corrected chi connectivity index (χ1v) is 6.22. The van der Waals surface area contributed by atoms with Crippen molar-refractivity contribution in [1.29, 1.82) is 0 Å². The Morgan fingerprint density at radius 3 is 2.84 bits per heavy atom. The fraction of sp³-hybridized carbons (Fsp3) is 0.385. The number of amides is 3. The lowest BCUT2D eigenvalue weighted by Gasteiger charge is -2.21. The van der Waals surface area contributed by atoms with E-state index in [1.807, 2.05) is 0 Å². The molecule has 0 unspecified atom stereocenters. The number of urea groups is 1. The molecule has 3 amide bonds. The predicted octanol–water partition coefficient (Wildman–Crippen LogP) is 1.70. The van der Waals surface area contributed by atoms with Crippen LogP contribution in [-0.2, 0) is 4.79 Å². The minimum atomic E-state index is -0.658. The summed E-state index contributed by atoms with van der Waals surface area (Å²) in [5, 5.41) is 2.39. The summed E-state index contributed by atoms with van der Waals surface area (Å²) in [6, 6.07) is 4.52. The van der Waals surface area contributed by atoms with E-state index in [0.29, 0.717) is 19.4 Å². The number of carbonyl (C=O) groups is 2. The molecule has 2 rings (SSSR count). The minimum Gasteiger partial charge on any atom is -0.320 e. The van der Waals surface area contributed by atoms with Gasteiger partial charge in [0.2, 0.25) is 5.91 Å². The van der Waals surface area contributed by atoms with Gasteiger partial charge < -0.3 is 11.1 Å². The van der Waals surface area contributed by atoms with Crippen LogP contribution in [0.1, 0.15) is 19.3 Å². The number of hydrogen-bond acceptors (Lipinski definition) is 3. The van der Waals surface area contributed by atoms with Gasteiger partial charge in [-0.1, -0.05) is 12.1 Å². The SMILES string of the molecule is N[C@@H]1CCCCN(C(=O)Nc2ccccc2F)C1=O. The Kier molecular flexibility index (Phi) is 4.11. The largest absolute Gasteiger partial charge is 0.328 e. The Morgan fingerprint density at radius 2 is 2.11 bits per heavy atom. The predicted molar refractivity (Wildman–Crippen MR) is 69.0 cm³/mol. The maximum absolute atomic E-state index is 13.4. The van der Waals surface area contributed by atoms with Crippen LogP contribution in [0.25, 0.3) is 0 Å². The van der Waals surface area contributed by atoms with Gasteiger partial charge in [-0.25, -0.2) is 9.18 Å². The highest BCUT2D eigenvalue weighted by molar-refractivity contribution is 6.03. The quantitative estimate of drug-likeness (QED) is 0.811. The van der Waals surface area contributed by atoms with E-state index in [1.54, 1.807) is 6.07 Å². The zero-order chi connectivity index (χ0) is 13.8. The molecule has 0 aliphatic carbocycles. The van der Waals surface area contributed by atoms with Crippen molar-refractivity contribution in [2.24, 2.45) is 5.73 Å². The van der Waals surface area contributed by atoms with Crippen LogP contribution in [0.3, 0.4) is 0 Å². The summed E-state index contributed by atoms with van der Waals surface area (Å²) >= 11 is 0. The van der Waals surface area contributed by atoms with Crippen molar-refractivity contribution in [3.05, 3.63) is 30.1 Å². The van der Waals surface area contributed by atoms with E-state index in [9.17, 15) is 14.0 Å². The van der Waals surface area contributed by atoms with Crippen molar-refractivity contribution in [2.75, 3.05) is 11.9 Å². The molecule has 1 aliphatic heterocycles. The minimum absolute atomic E-state index is 0.0538. The Labute approximate surface area is 110 Å². The number of nitrogens with zero attached hydrogens (tertiary/aromatic N) is 1. The van der Waals surface area contributed by atoms with Gasteiger partial charge in [0, 0.05) is 6.54 Å². The molecule has 1 fully saturated rings. The molecule has 1 aromatic rings. The van der Waals surface area contributed by atoms with Gasteiger partial charge in [0.15, 0.2) is 0 Å². The summed E-state index contributed by atoms with van der Waals surface area (Å²) in [4.78, 5) is 25.0. The molecule has 102 valence electrons. The first kappa shape index (κ1) is 13.5. The summed E-state index contributed by atoms with van der Waals surface area (Å²) in [5.74, 6) is -0.950. The Balaban J connectivity index is 2.10. The number of para-hydroxylation sites is 1. The Bertz CT molecular complexity index is 493. The summed E-state index contributed by atoms with van der Waals surface area (Å²) in [7, 11) is 0. The van der Waals surface area contributed by atoms with E-state index in [2.05, 4.69) is 5.32 Å². The molecule has 3 N–H and O–H groups in total. The molecule has 1 aromatic carbocycles. The van der Waals surface area contributed by atoms with Crippen molar-refractivity contribution < 1.29 is 14.0 Å². The highest BCUT2D eigenvalue weighted by atomic mass is 19.1. The van der Waals surface area contributed by atoms with Crippen LogP contribution in [-0.4, -0.2) is 29.4 Å². The molecule has 1 saturated heterocycles. The number of hydrogen-bond donors (Lipinski definition) is 2. The third-order valence-electron chi connectivity index (χ3n) is 3.09. The van der Waals surface area contributed by atoms with Gasteiger partial charge in [-0.15, -0.1) is 0 Å². The van der Waals surface area contributed by atoms with Crippen molar-refractivity contribution >= 4 is 17.6 Å². The zero-order valence-electron chi connectivity index (χ0n) is 10.4. The molecule has 0 aromatic heterocycles. The maximum atomic E-state index is 13.4. The molecule has 0 bridgehead atoms. The number of anilines is 1. The molecule has 1 atom stereocenters. The molecule has 0 spiro atoms. The fourth-order valence-electron chi connectivity index (χ4n) is 2.01. The number of likely N-dealkylation sites (tertiary alicyclic amines) is 1. The molecule has 5 nitrogen and oxygen atoms in total. The first-order valence-electron chi connectivity index (χ1n) is 6.22. The van der Waals surface area contributed by atoms with Crippen LogP contribution in [0, 0.1) is 5.82 Å². The molecule has 1 heterocycles. The van der Waals surface area contributed by atoms with E-state index < -0.39 is 23.8 Å². The van der Waals surface area contributed by atoms with Crippen molar-refractivity contribution in [3.63, 3.8) is 0 Å². The van der Waals surface area contributed by atoms with E-state index in [1.165, 1.54) is 18.2 Å².